The van der Waals surface area contributed by atoms with E-state index in [9.17, 15) is 9.90 Å². The van der Waals surface area contributed by atoms with Crippen molar-refractivity contribution in [3.8, 4) is 5.75 Å². The van der Waals surface area contributed by atoms with Gasteiger partial charge in [-0.1, -0.05) is 11.6 Å². The number of rotatable bonds is 7. The van der Waals surface area contributed by atoms with E-state index in [0.717, 1.165) is 11.3 Å². The van der Waals surface area contributed by atoms with Crippen molar-refractivity contribution in [1.82, 2.24) is 5.32 Å². The van der Waals surface area contributed by atoms with E-state index in [4.69, 9.17) is 20.8 Å². The summed E-state index contributed by atoms with van der Waals surface area (Å²) in [6, 6.07) is 8.65. The van der Waals surface area contributed by atoms with Gasteiger partial charge in [0.25, 0.3) is 5.91 Å². The summed E-state index contributed by atoms with van der Waals surface area (Å²) >= 11 is 5.84. The fraction of sp³-hybridized carbons (Fsp3) is 0.421. The predicted octanol–water partition coefficient (Wildman–Crippen LogP) is 3.95. The number of amides is 1. The van der Waals surface area contributed by atoms with Crippen molar-refractivity contribution < 1.29 is 19.1 Å². The molecule has 1 unspecified atom stereocenters. The number of hydrogen-bond donors (Lipinski definition) is 2. The Morgan fingerprint density at radius 2 is 1.96 bits per heavy atom. The van der Waals surface area contributed by atoms with Crippen LogP contribution in [-0.4, -0.2) is 23.2 Å². The number of carbonyl (C=O) groups excluding carboxylic acids is 1. The number of halogens is 1. The Balaban J connectivity index is 1.86. The minimum atomic E-state index is -1.04. The number of aliphatic hydroxyl groups is 1. The first kappa shape index (κ1) is 19.3. The van der Waals surface area contributed by atoms with E-state index in [2.05, 4.69) is 5.32 Å². The second kappa shape index (κ2) is 7.93. The predicted molar refractivity (Wildman–Crippen MR) is 96.9 cm³/mol. The van der Waals surface area contributed by atoms with E-state index < -0.39 is 11.7 Å². The van der Waals surface area contributed by atoms with Gasteiger partial charge < -0.3 is 19.6 Å². The zero-order valence-corrected chi connectivity index (χ0v) is 15.7. The summed E-state index contributed by atoms with van der Waals surface area (Å²) in [6.07, 6.45) is -0.291. The third-order valence-corrected chi connectivity index (χ3v) is 4.13. The highest BCUT2D eigenvalue weighted by Gasteiger charge is 2.29. The quantitative estimate of drug-likeness (QED) is 0.779. The van der Waals surface area contributed by atoms with Crippen molar-refractivity contribution in [3.05, 3.63) is 52.4 Å². The monoisotopic (exact) mass is 365 g/mol. The van der Waals surface area contributed by atoms with Crippen LogP contribution in [0.25, 0.3) is 0 Å². The van der Waals surface area contributed by atoms with Crippen molar-refractivity contribution in [2.24, 2.45) is 0 Å². The van der Waals surface area contributed by atoms with Gasteiger partial charge in [0.1, 0.15) is 17.3 Å². The van der Waals surface area contributed by atoms with E-state index >= 15 is 0 Å². The van der Waals surface area contributed by atoms with Gasteiger partial charge in [0.05, 0.1) is 6.10 Å². The first-order valence-electron chi connectivity index (χ1n) is 8.17. The van der Waals surface area contributed by atoms with Gasteiger partial charge in [-0.3, -0.25) is 4.79 Å². The number of aryl methyl sites for hydroxylation is 2. The lowest BCUT2D eigenvalue weighted by Crippen LogP contribution is -2.47. The van der Waals surface area contributed by atoms with Gasteiger partial charge in [0.2, 0.25) is 0 Å². The number of carbonyl (C=O) groups is 1. The van der Waals surface area contributed by atoms with E-state index in [1.807, 2.05) is 19.9 Å². The third kappa shape index (κ3) is 5.25. The zero-order chi connectivity index (χ0) is 18.6. The van der Waals surface area contributed by atoms with Gasteiger partial charge in [-0.15, -0.1) is 0 Å². The number of ether oxygens (including phenoxy) is 1. The van der Waals surface area contributed by atoms with E-state index in [1.54, 1.807) is 38.1 Å². The zero-order valence-electron chi connectivity index (χ0n) is 14.9. The molecule has 0 fully saturated rings. The van der Waals surface area contributed by atoms with Gasteiger partial charge >= 0.3 is 0 Å². The van der Waals surface area contributed by atoms with Crippen LogP contribution in [0.1, 0.15) is 43.5 Å². The van der Waals surface area contributed by atoms with E-state index in [0.29, 0.717) is 29.5 Å². The molecule has 6 heteroatoms. The molecular weight excluding hydrogens is 342 g/mol. The van der Waals surface area contributed by atoms with Crippen LogP contribution in [0.4, 0.5) is 0 Å². The van der Waals surface area contributed by atoms with Crippen molar-refractivity contribution >= 4 is 17.5 Å². The molecule has 2 aromatic rings. The average molecular weight is 366 g/mol. The normalized spacial score (nSPS) is 12.7. The Kier molecular flexibility index (Phi) is 6.14. The Morgan fingerprint density at radius 3 is 2.52 bits per heavy atom. The molecule has 0 bridgehead atoms. The van der Waals surface area contributed by atoms with Crippen molar-refractivity contribution in [2.45, 2.75) is 45.8 Å². The van der Waals surface area contributed by atoms with Crippen LogP contribution in [0.5, 0.6) is 5.75 Å². The minimum Gasteiger partial charge on any atom is -0.478 e. The summed E-state index contributed by atoms with van der Waals surface area (Å²) in [5.41, 5.74) is -0.288. The maximum Gasteiger partial charge on any atom is 0.263 e. The number of nitrogens with one attached hydrogen (secondary N) is 1. The molecule has 0 aliphatic carbocycles. The molecule has 0 spiro atoms. The van der Waals surface area contributed by atoms with E-state index in [-0.39, 0.29) is 5.91 Å². The third-order valence-electron chi connectivity index (χ3n) is 3.88. The van der Waals surface area contributed by atoms with Gasteiger partial charge in [0, 0.05) is 17.1 Å². The van der Waals surface area contributed by atoms with Gasteiger partial charge in [-0.05, 0) is 64.4 Å². The Bertz CT molecular complexity index is 722. The molecule has 0 saturated carbocycles. The highest BCUT2D eigenvalue weighted by molar-refractivity contribution is 6.30. The number of furan rings is 1. The second-order valence-corrected chi connectivity index (χ2v) is 6.93. The molecule has 1 atom stereocenters. The molecule has 0 radical (unpaired) electrons. The molecule has 2 rings (SSSR count). The lowest BCUT2D eigenvalue weighted by molar-refractivity contribution is -0.134. The maximum absolute atomic E-state index is 12.4. The Labute approximate surface area is 152 Å². The first-order valence-corrected chi connectivity index (χ1v) is 8.54. The summed E-state index contributed by atoms with van der Waals surface area (Å²) < 4.78 is 11.2. The minimum absolute atomic E-state index is 0.255. The van der Waals surface area contributed by atoms with Crippen LogP contribution >= 0.6 is 11.6 Å². The average Bonchev–Trinajstić information content (AvgIpc) is 2.87. The molecule has 2 N–H and O–H groups in total. The van der Waals surface area contributed by atoms with Crippen LogP contribution < -0.4 is 10.1 Å². The maximum atomic E-state index is 12.4. The number of aliphatic hydroxyl groups excluding tert-OH is 1. The molecule has 0 aliphatic heterocycles. The van der Waals surface area contributed by atoms with Crippen LogP contribution in [0, 0.1) is 13.8 Å². The molecule has 0 aliphatic rings. The Morgan fingerprint density at radius 1 is 1.32 bits per heavy atom. The summed E-state index contributed by atoms with van der Waals surface area (Å²) in [7, 11) is 0. The summed E-state index contributed by atoms with van der Waals surface area (Å²) in [4.78, 5) is 12.4. The molecule has 0 saturated heterocycles. The fourth-order valence-corrected chi connectivity index (χ4v) is 2.64. The molecule has 1 aromatic carbocycles. The van der Waals surface area contributed by atoms with Crippen LogP contribution in [0.15, 0.2) is 34.7 Å². The summed E-state index contributed by atoms with van der Waals surface area (Å²) in [6.45, 7) is 7.36. The highest BCUT2D eigenvalue weighted by Crippen LogP contribution is 2.24. The molecule has 1 amide bonds. The fourth-order valence-electron chi connectivity index (χ4n) is 2.52. The SMILES string of the molecule is Cc1cc(C(O)CCNC(=O)C(C)(C)Oc2ccc(Cl)cc2)c(C)o1. The smallest absolute Gasteiger partial charge is 0.263 e. The van der Waals surface area contributed by atoms with E-state index in [1.165, 1.54) is 0 Å². The summed E-state index contributed by atoms with van der Waals surface area (Å²) in [5.74, 6) is 1.76. The molecule has 1 heterocycles. The van der Waals surface area contributed by atoms with Gasteiger partial charge in [-0.2, -0.15) is 0 Å². The second-order valence-electron chi connectivity index (χ2n) is 6.50. The molecular formula is C19H24ClNO4. The highest BCUT2D eigenvalue weighted by atomic mass is 35.5. The van der Waals surface area contributed by atoms with Crippen LogP contribution in [-0.2, 0) is 4.79 Å². The van der Waals surface area contributed by atoms with Crippen LogP contribution in [0.3, 0.4) is 0 Å². The Hall–Kier alpha value is -1.98. The lowest BCUT2D eigenvalue weighted by Gasteiger charge is -2.25. The van der Waals surface area contributed by atoms with Crippen LogP contribution in [0.2, 0.25) is 5.02 Å². The standard InChI is InChI=1S/C19H24ClNO4/c1-12-11-16(13(2)24-12)17(22)9-10-21-18(23)19(3,4)25-15-7-5-14(20)6-8-15/h5-8,11,17,22H,9-10H2,1-4H3,(H,21,23). The first-order chi connectivity index (χ1) is 11.7. The topological polar surface area (TPSA) is 71.7 Å². The lowest BCUT2D eigenvalue weighted by atomic mass is 10.1. The van der Waals surface area contributed by atoms with Gasteiger partial charge in [0.15, 0.2) is 5.60 Å². The molecule has 25 heavy (non-hydrogen) atoms. The molecule has 5 nitrogen and oxygen atoms in total. The number of benzene rings is 1. The largest absolute Gasteiger partial charge is 0.478 e. The van der Waals surface area contributed by atoms with Crippen molar-refractivity contribution in [3.63, 3.8) is 0 Å². The van der Waals surface area contributed by atoms with Gasteiger partial charge in [-0.25, -0.2) is 0 Å². The van der Waals surface area contributed by atoms with Crippen molar-refractivity contribution in [1.29, 1.82) is 0 Å². The summed E-state index contributed by atoms with van der Waals surface area (Å²) in [5, 5.41) is 13.6. The molecule has 1 aromatic heterocycles. The molecule has 136 valence electrons. The number of hydrogen-bond acceptors (Lipinski definition) is 4. The van der Waals surface area contributed by atoms with Crippen molar-refractivity contribution in [2.75, 3.05) is 6.54 Å².